The number of halogens is 8. The molecule has 0 unspecified atom stereocenters. The number of hydrogen-bond acceptors (Lipinski definition) is 9. The second kappa shape index (κ2) is 11.7. The number of nitrogens with zero attached hydrogens (tertiary/aromatic N) is 6. The summed E-state index contributed by atoms with van der Waals surface area (Å²) in [5.41, 5.74) is 2.75. The van der Waals surface area contributed by atoms with Gasteiger partial charge in [0.2, 0.25) is 0 Å². The van der Waals surface area contributed by atoms with Gasteiger partial charge in [-0.2, -0.15) is 24.0 Å². The van der Waals surface area contributed by atoms with Crippen molar-refractivity contribution in [2.75, 3.05) is 56.5 Å². The van der Waals surface area contributed by atoms with E-state index in [2.05, 4.69) is 9.97 Å². The van der Waals surface area contributed by atoms with Crippen LogP contribution in [-0.2, 0) is 4.79 Å². The van der Waals surface area contributed by atoms with E-state index in [0.29, 0.717) is 17.9 Å². The van der Waals surface area contributed by atoms with E-state index < -0.39 is 78.7 Å². The minimum absolute atomic E-state index is 0.00270. The van der Waals surface area contributed by atoms with Crippen molar-refractivity contribution < 1.29 is 40.3 Å². The van der Waals surface area contributed by atoms with Gasteiger partial charge in [0.05, 0.1) is 32.8 Å². The Balaban J connectivity index is 1.26. The fraction of sp³-hybridized carbons (Fsp3) is 0.455. The first kappa shape index (κ1) is 34.0. The summed E-state index contributed by atoms with van der Waals surface area (Å²) >= 11 is 7.51. The average molecular weight is 754 g/mol. The number of anilines is 2. The third-order valence-corrected chi connectivity index (χ3v) is 12.0. The molecule has 0 radical (unpaired) electrons. The number of aromatic nitrogens is 2. The van der Waals surface area contributed by atoms with E-state index >= 15 is 13.2 Å². The van der Waals surface area contributed by atoms with Gasteiger partial charge < -0.3 is 20.3 Å². The number of benzene rings is 2. The highest BCUT2D eigenvalue weighted by Gasteiger charge is 2.67. The van der Waals surface area contributed by atoms with E-state index in [0.717, 1.165) is 28.7 Å². The molecule has 4 aromatic rings. The number of fused-ring (bicyclic) bond motifs is 3. The Morgan fingerprint density at radius 3 is 2.69 bits per heavy atom. The van der Waals surface area contributed by atoms with Crippen LogP contribution in [0.15, 0.2) is 18.2 Å². The predicted molar refractivity (Wildman–Crippen MR) is 175 cm³/mol. The summed E-state index contributed by atoms with van der Waals surface area (Å²) in [6.07, 6.45) is -2.80. The maximum absolute atomic E-state index is 17.0. The highest BCUT2D eigenvalue weighted by molar-refractivity contribution is 7.23. The molecule has 2 aromatic carbocycles. The zero-order valence-corrected chi connectivity index (χ0v) is 28.0. The van der Waals surface area contributed by atoms with E-state index in [1.165, 1.54) is 12.1 Å². The zero-order valence-electron chi connectivity index (χ0n) is 26.5. The Hall–Kier alpha value is -4.14. The van der Waals surface area contributed by atoms with E-state index in [1.54, 1.807) is 0 Å². The van der Waals surface area contributed by atoms with Crippen LogP contribution in [0.4, 0.5) is 41.6 Å². The van der Waals surface area contributed by atoms with Crippen molar-refractivity contribution in [3.63, 3.8) is 0 Å². The van der Waals surface area contributed by atoms with Crippen LogP contribution in [-0.4, -0.2) is 95.6 Å². The molecule has 1 spiro atoms. The number of nitrogen functional groups attached to an aromatic ring is 1. The van der Waals surface area contributed by atoms with Gasteiger partial charge in [-0.15, -0.1) is 11.3 Å². The van der Waals surface area contributed by atoms with Crippen LogP contribution in [0.1, 0.15) is 24.8 Å². The molecule has 0 aliphatic carbocycles. The topological polar surface area (TPSA) is 112 Å². The van der Waals surface area contributed by atoms with Crippen molar-refractivity contribution in [2.24, 2.45) is 5.41 Å². The number of amides is 1. The number of nitriles is 1. The summed E-state index contributed by atoms with van der Waals surface area (Å²) in [7, 11) is 0. The molecule has 18 heteroatoms. The average Bonchev–Trinajstić information content (AvgIpc) is 3.77. The zero-order chi connectivity index (χ0) is 36.2. The van der Waals surface area contributed by atoms with E-state index in [1.807, 2.05) is 11.0 Å². The number of carbonyl (C=O) groups excluding carboxylic acids is 1. The second-order valence-corrected chi connectivity index (χ2v) is 15.2. The number of nitrogens with two attached hydrogens (primary N) is 1. The fourth-order valence-electron chi connectivity index (χ4n) is 8.27. The second-order valence-electron chi connectivity index (χ2n) is 13.7. The van der Waals surface area contributed by atoms with Crippen LogP contribution >= 0.6 is 22.9 Å². The Labute approximate surface area is 294 Å². The third kappa shape index (κ3) is 5.07. The maximum Gasteiger partial charge on any atom is 0.319 e. The molecular weight excluding hydrogens is 727 g/mol. The van der Waals surface area contributed by atoms with Gasteiger partial charge in [0, 0.05) is 48.9 Å². The third-order valence-electron chi connectivity index (χ3n) is 10.7. The molecule has 268 valence electrons. The summed E-state index contributed by atoms with van der Waals surface area (Å²) < 4.78 is 110. The van der Waals surface area contributed by atoms with Gasteiger partial charge in [-0.1, -0.05) is 17.7 Å². The van der Waals surface area contributed by atoms with Crippen LogP contribution in [0.5, 0.6) is 6.01 Å². The summed E-state index contributed by atoms with van der Waals surface area (Å²) in [5.74, 6) is -6.95. The number of likely N-dealkylation sites (tertiary alicyclic amines) is 1. The quantitative estimate of drug-likeness (QED) is 0.225. The lowest BCUT2D eigenvalue weighted by atomic mass is 9.76. The van der Waals surface area contributed by atoms with Gasteiger partial charge in [0.1, 0.15) is 41.0 Å². The molecule has 9 nitrogen and oxygen atoms in total. The van der Waals surface area contributed by atoms with Gasteiger partial charge in [0.15, 0.2) is 5.82 Å². The number of hydrogen-bond donors (Lipinski definition) is 1. The first-order valence-electron chi connectivity index (χ1n) is 16.0. The van der Waals surface area contributed by atoms with Gasteiger partial charge in [-0.05, 0) is 37.1 Å². The van der Waals surface area contributed by atoms with Crippen LogP contribution < -0.4 is 15.4 Å². The monoisotopic (exact) mass is 753 g/mol. The summed E-state index contributed by atoms with van der Waals surface area (Å²) in [5, 5.41) is 9.54. The molecule has 2 N–H and O–H groups in total. The van der Waals surface area contributed by atoms with Crippen molar-refractivity contribution in [2.45, 2.75) is 43.3 Å². The lowest BCUT2D eigenvalue weighted by molar-refractivity contribution is -0.181. The Morgan fingerprint density at radius 2 is 1.96 bits per heavy atom. The lowest BCUT2D eigenvalue weighted by Gasteiger charge is -2.49. The first-order chi connectivity index (χ1) is 24.2. The maximum atomic E-state index is 17.0. The van der Waals surface area contributed by atoms with Crippen molar-refractivity contribution in [3.8, 4) is 23.2 Å². The van der Waals surface area contributed by atoms with Crippen molar-refractivity contribution in [1.29, 1.82) is 5.26 Å². The van der Waals surface area contributed by atoms with Gasteiger partial charge in [0.25, 0.3) is 11.8 Å². The Bertz CT molecular complexity index is 2180. The molecule has 2 aromatic heterocycles. The SMILES string of the molecule is N#Cc1c(N)sc2c(F)ccc(-c3c(Cl)cc4c(N5CC(F)(F)C6(CN(C(=O)C(F)F)C6)C5)nc(OC[C@@]56CCCN5C[C@H](F)C6)nc4c3F)c12. The minimum atomic E-state index is -3.47. The molecule has 8 rings (SSSR count). The van der Waals surface area contributed by atoms with Crippen molar-refractivity contribution in [1.82, 2.24) is 19.8 Å². The molecule has 1 amide bonds. The largest absolute Gasteiger partial charge is 0.461 e. The molecule has 4 aliphatic heterocycles. The van der Waals surface area contributed by atoms with E-state index in [-0.39, 0.29) is 73.6 Å². The van der Waals surface area contributed by atoms with E-state index in [9.17, 15) is 27.6 Å². The number of ether oxygens (including phenoxy) is 1. The molecule has 4 saturated heterocycles. The standard InChI is InChI=1S/C33H27ClF7N7O2S/c34-19-6-17-24(23(37)22(19)16-2-3-20(36)25-21(16)18(8-42)27(43)51-25)44-30(50-14-32-4-1-5-48(32)9-15(35)7-32)45-28(17)46-10-31(33(40,41)13-46)11-47(12-31)29(49)26(38)39/h2-3,6,15,26H,1,4-5,7,9-14,43H2/t15-,32+/m1/s1. The highest BCUT2D eigenvalue weighted by atomic mass is 35.5. The molecule has 6 heterocycles. The Kier molecular flexibility index (Phi) is 7.79. The minimum Gasteiger partial charge on any atom is -0.461 e. The summed E-state index contributed by atoms with van der Waals surface area (Å²) in [6, 6.07) is 5.13. The molecule has 51 heavy (non-hydrogen) atoms. The molecule has 4 fully saturated rings. The number of thiophene rings is 1. The van der Waals surface area contributed by atoms with Crippen LogP contribution in [0.2, 0.25) is 5.02 Å². The van der Waals surface area contributed by atoms with Crippen LogP contribution in [0, 0.1) is 28.4 Å². The normalized spacial score (nSPS) is 23.8. The van der Waals surface area contributed by atoms with Crippen molar-refractivity contribution in [3.05, 3.63) is 40.4 Å². The first-order valence-corrected chi connectivity index (χ1v) is 17.2. The molecular formula is C33H27ClF7N7O2S. The van der Waals surface area contributed by atoms with E-state index in [4.69, 9.17) is 22.1 Å². The fourth-order valence-corrected chi connectivity index (χ4v) is 9.52. The van der Waals surface area contributed by atoms with Gasteiger partial charge in [-0.25, -0.2) is 22.0 Å². The number of rotatable bonds is 6. The lowest BCUT2D eigenvalue weighted by Crippen LogP contribution is -2.66. The summed E-state index contributed by atoms with van der Waals surface area (Å²) in [4.78, 5) is 24.4. The molecule has 4 aliphatic rings. The van der Waals surface area contributed by atoms with Gasteiger partial charge in [-0.3, -0.25) is 9.69 Å². The molecule has 2 atom stereocenters. The smallest absolute Gasteiger partial charge is 0.319 e. The van der Waals surface area contributed by atoms with Crippen LogP contribution in [0.3, 0.4) is 0 Å². The number of alkyl halides is 5. The summed E-state index contributed by atoms with van der Waals surface area (Å²) in [6.45, 7) is -1.81. The molecule has 0 bridgehead atoms. The van der Waals surface area contributed by atoms with Gasteiger partial charge >= 0.3 is 12.4 Å². The Morgan fingerprint density at radius 1 is 1.20 bits per heavy atom. The number of carbonyl (C=O) groups is 1. The molecule has 0 saturated carbocycles. The predicted octanol–water partition coefficient (Wildman–Crippen LogP) is 6.40. The van der Waals surface area contributed by atoms with Crippen molar-refractivity contribution >= 4 is 60.7 Å². The highest BCUT2D eigenvalue weighted by Crippen LogP contribution is 2.53. The van der Waals surface area contributed by atoms with Crippen LogP contribution in [0.25, 0.3) is 32.1 Å².